The van der Waals surface area contributed by atoms with Crippen molar-refractivity contribution in [1.29, 1.82) is 0 Å². The molecule has 10 aromatic carbocycles. The molecule has 0 atom stereocenters. The van der Waals surface area contributed by atoms with Crippen molar-refractivity contribution in [3.05, 3.63) is 356 Å². The van der Waals surface area contributed by atoms with E-state index in [-0.39, 0.29) is 24.3 Å². The van der Waals surface area contributed by atoms with Crippen molar-refractivity contribution in [3.8, 4) is 0 Å². The van der Waals surface area contributed by atoms with Crippen LogP contribution >= 0.6 is 36.2 Å². The first-order valence-electron chi connectivity index (χ1n) is 40.3. The number of carbonyl (C=O) groups excluding carboxylic acids is 3. The first-order chi connectivity index (χ1) is 55.9. The second-order valence-electron chi connectivity index (χ2n) is 28.6. The Bertz CT molecular complexity index is 4590. The van der Waals surface area contributed by atoms with Crippen LogP contribution in [0.3, 0.4) is 0 Å². The molecule has 0 fully saturated rings. The maximum absolute atomic E-state index is 11.4. The summed E-state index contributed by atoms with van der Waals surface area (Å²) in [6, 6.07) is 74.4. The van der Waals surface area contributed by atoms with E-state index >= 15 is 0 Å². The molecule has 606 valence electrons. The van der Waals surface area contributed by atoms with Crippen LogP contribution in [0.4, 0.5) is 0 Å². The standard InChI is InChI=1S/C22H26O2.C20H23NO.C20H25N.C20H22O2.C16H15I.C6H11O2.BrH.Zn/c1-4-24-22(23)13-7-12-19-10-6-11-20(16-19)14-15-21-17(2)8-5-9-18(21)3;1-15-6-3-7-16(2)19(15)13-12-18-9-4-8-17(14-18)10-5-11-20(21)22;1-16-7-5-8-17(2)20(16)13-12-19-11-6-10-18(15-19)9-3-4-14-21;1-15-6-3-7-16(2)19(15)13-12-18-9-4-8-17(14-18)10-5-11-20(21)22;1-12-5-3-6-13(2)16(12)10-9-14-7-4-8-15(17)11-14;1-3-5-6(7)8-4-2;;/h5-6,8-11,14-16H,4,7,12-13H2,1-3H3;3-4,6-9,12-14H,5,10-11H2,1-2H3,(H2,21,22);5-8,10-13,15H,3-4,9,14,21H2,1-2H3;3-4,6-9,12-14H,5,10-11H2,1-2H3,(H,21,22);3-11H,1-2H3;1,3-5H2,2H3;1H;/q;;;;;-1;;+2/p-1/b15-14+;3*13-12+;10-9+;;;. The van der Waals surface area contributed by atoms with Gasteiger partial charge in [0.15, 0.2) is 0 Å². The molecule has 0 aliphatic rings. The van der Waals surface area contributed by atoms with E-state index in [0.29, 0.717) is 45.3 Å². The van der Waals surface area contributed by atoms with Crippen molar-refractivity contribution in [2.75, 3.05) is 19.8 Å². The van der Waals surface area contributed by atoms with Gasteiger partial charge in [-0.15, -0.1) is 0 Å². The Hall–Kier alpha value is -9.43. The van der Waals surface area contributed by atoms with Gasteiger partial charge in [-0.25, -0.2) is 0 Å². The van der Waals surface area contributed by atoms with E-state index in [2.05, 4.69) is 384 Å². The van der Waals surface area contributed by atoms with Crippen molar-refractivity contribution in [1.82, 2.24) is 0 Å². The predicted molar refractivity (Wildman–Crippen MR) is 504 cm³/mol. The van der Waals surface area contributed by atoms with Crippen LogP contribution in [0.1, 0.15) is 212 Å². The van der Waals surface area contributed by atoms with Gasteiger partial charge < -0.3 is 33.0 Å². The van der Waals surface area contributed by atoms with E-state index in [9.17, 15) is 19.2 Å². The molecule has 10 rings (SSSR count). The summed E-state index contributed by atoms with van der Waals surface area (Å²) in [6.45, 7) is 30.3. The summed E-state index contributed by atoms with van der Waals surface area (Å²) < 4.78 is 10.8. The molecule has 116 heavy (non-hydrogen) atoms. The summed E-state index contributed by atoms with van der Waals surface area (Å²) in [5, 5.41) is 8.70. The molecule has 0 unspecified atom stereocenters. The van der Waals surface area contributed by atoms with Gasteiger partial charge in [0.2, 0.25) is 5.91 Å². The molecule has 0 bridgehead atoms. The van der Waals surface area contributed by atoms with Gasteiger partial charge in [-0.3, -0.25) is 19.2 Å². The molecule has 0 saturated carbocycles. The number of halogens is 2. The van der Waals surface area contributed by atoms with Crippen LogP contribution in [0.25, 0.3) is 60.8 Å². The van der Waals surface area contributed by atoms with E-state index < -0.39 is 5.97 Å². The fourth-order valence-electron chi connectivity index (χ4n) is 12.8. The molecule has 12 heteroatoms. The second kappa shape index (κ2) is 57.6. The first kappa shape index (κ1) is 98.9. The average molecular weight is 1780 g/mol. The van der Waals surface area contributed by atoms with Crippen molar-refractivity contribution in [3.63, 3.8) is 0 Å². The number of unbranched alkanes of at least 4 members (excludes halogenated alkanes) is 1. The van der Waals surface area contributed by atoms with Gasteiger partial charge in [-0.1, -0.05) is 261 Å². The zero-order valence-electron chi connectivity index (χ0n) is 70.7. The molecular weight excluding hydrogens is 1660 g/mol. The Labute approximate surface area is 725 Å². The molecule has 1 amide bonds. The molecule has 0 saturated heterocycles. The first-order valence-corrected chi connectivity index (χ1v) is 48.3. The Kier molecular flexibility index (Phi) is 49.1. The number of carbonyl (C=O) groups is 4. The van der Waals surface area contributed by atoms with Gasteiger partial charge in [0.25, 0.3) is 0 Å². The van der Waals surface area contributed by atoms with Gasteiger partial charge >= 0.3 is 47.9 Å². The summed E-state index contributed by atoms with van der Waals surface area (Å²) in [6.07, 6.45) is 32.2. The third-order valence-corrected chi connectivity index (χ3v) is 19.7. The number of hydrogen-bond donors (Lipinski definition) is 3. The molecule has 5 N–H and O–H groups in total. The zero-order chi connectivity index (χ0) is 85.0. The summed E-state index contributed by atoms with van der Waals surface area (Å²) >= 11 is 6.59. The summed E-state index contributed by atoms with van der Waals surface area (Å²) in [5.74, 6) is -1.22. The average Bonchev–Trinajstić information content (AvgIpc) is 0.875. The van der Waals surface area contributed by atoms with Crippen LogP contribution in [0.5, 0.6) is 0 Å². The van der Waals surface area contributed by atoms with Crippen LogP contribution in [0.2, 0.25) is 0 Å². The number of amides is 1. The third-order valence-electron chi connectivity index (χ3n) is 19.1. The number of carboxylic acid groups (broad SMARTS) is 1. The van der Waals surface area contributed by atoms with Crippen LogP contribution < -0.4 is 11.5 Å². The number of hydrogen-bond acceptors (Lipinski definition) is 7. The number of primary amides is 1. The number of benzene rings is 10. The number of aryl methyl sites for hydroxylation is 14. The molecule has 0 aliphatic carbocycles. The Balaban J connectivity index is 0.000000297. The van der Waals surface area contributed by atoms with Gasteiger partial charge in [-0.05, 0) is 316 Å². The summed E-state index contributed by atoms with van der Waals surface area (Å²) in [4.78, 5) is 43.1. The summed E-state index contributed by atoms with van der Waals surface area (Å²) in [5.41, 5.74) is 41.3. The molecule has 10 aromatic rings. The monoisotopic (exact) mass is 1780 g/mol. The SMILES string of the molecule is CCOC(=O)CCCc1cccc(/C=C/c2c(C)cccc2C)c1.Cc1cccc(C)c1/C=C/c1cccc(CCCC(=O)O)c1.Cc1cccc(C)c1/C=C/c1cccc(CCCC(N)=O)c1.Cc1cccc(C)c1/C=C/c1cccc(CCCCN)c1.Cc1cccc(C)c1/C=C/c1cccc(I)c1.[CH2-]CCC(=O)OCC.[Zn+][Br]. The number of aliphatic carboxylic acids is 1. The van der Waals surface area contributed by atoms with Crippen LogP contribution in [0, 0.1) is 79.7 Å². The molecule has 9 nitrogen and oxygen atoms in total. The van der Waals surface area contributed by atoms with Gasteiger partial charge in [0.05, 0.1) is 13.2 Å². The second-order valence-corrected chi connectivity index (χ2v) is 29.9. The third kappa shape index (κ3) is 39.9. The van der Waals surface area contributed by atoms with Crippen molar-refractivity contribution in [2.24, 2.45) is 11.5 Å². The van der Waals surface area contributed by atoms with E-state index in [1.807, 2.05) is 13.0 Å². The fourth-order valence-corrected chi connectivity index (χ4v) is 13.4. The molecule has 0 aliphatic heterocycles. The van der Waals surface area contributed by atoms with E-state index in [1.165, 1.54) is 154 Å². The van der Waals surface area contributed by atoms with Gasteiger partial charge in [0, 0.05) is 29.3 Å². The predicted octanol–water partition coefficient (Wildman–Crippen LogP) is 26.4. The van der Waals surface area contributed by atoms with Gasteiger partial charge in [0.1, 0.15) is 0 Å². The Morgan fingerprint density at radius 3 is 0.871 bits per heavy atom. The molecular formula is C104H122BrIN2O7Zn. The number of rotatable bonds is 30. The minimum absolute atomic E-state index is 0.108. The maximum atomic E-state index is 11.4. The normalized spacial score (nSPS) is 10.7. The van der Waals surface area contributed by atoms with E-state index in [1.54, 1.807) is 6.92 Å². The van der Waals surface area contributed by atoms with Crippen molar-refractivity contribution in [2.45, 2.75) is 173 Å². The number of carboxylic acids is 1. The molecule has 0 radical (unpaired) electrons. The van der Waals surface area contributed by atoms with Crippen LogP contribution in [0.15, 0.2) is 212 Å². The molecule has 0 spiro atoms. The van der Waals surface area contributed by atoms with E-state index in [4.69, 9.17) is 21.3 Å². The van der Waals surface area contributed by atoms with Gasteiger partial charge in [-0.2, -0.15) is 6.42 Å². The zero-order valence-corrected chi connectivity index (χ0v) is 77.4. The molecule has 0 aromatic heterocycles. The quantitative estimate of drug-likeness (QED) is 0.0100. The topological polar surface area (TPSA) is 159 Å². The van der Waals surface area contributed by atoms with Crippen LogP contribution in [-0.4, -0.2) is 48.7 Å². The Morgan fingerprint density at radius 1 is 0.362 bits per heavy atom. The van der Waals surface area contributed by atoms with Crippen LogP contribution in [-0.2, 0) is 70.7 Å². The van der Waals surface area contributed by atoms with Crippen molar-refractivity contribution >= 4 is 121 Å². The Morgan fingerprint density at radius 2 is 0.612 bits per heavy atom. The molecule has 0 heterocycles. The number of esters is 2. The summed E-state index contributed by atoms with van der Waals surface area (Å²) in [7, 11) is 0. The fraction of sp³-hybridized carbons (Fsp3) is 0.279. The minimum atomic E-state index is -0.730. The van der Waals surface area contributed by atoms with E-state index in [0.717, 1.165) is 57.1 Å². The number of nitrogens with two attached hydrogens (primary N) is 2. The van der Waals surface area contributed by atoms with Crippen molar-refractivity contribution < 1.29 is 50.1 Å². The number of ether oxygens (including phenoxy) is 2.